The van der Waals surface area contributed by atoms with Crippen LogP contribution in [-0.4, -0.2) is 16.4 Å². The Hall–Kier alpha value is -7.17. The predicted octanol–water partition coefficient (Wildman–Crippen LogP) is 12.2. The normalized spacial score (nSPS) is 12.5. The van der Waals surface area contributed by atoms with Gasteiger partial charge in [0.15, 0.2) is 0 Å². The number of fused-ring (bicyclic) bond motifs is 2. The van der Waals surface area contributed by atoms with E-state index in [1.165, 1.54) is 27.6 Å². The fourth-order valence-corrected chi connectivity index (χ4v) is 6.75. The molecule has 1 aliphatic rings. The number of aromatic nitrogens is 1. The number of allylic oxidation sites excluding steroid dienone is 4. The average molecular weight is 681 g/mol. The highest BCUT2D eigenvalue weighted by Crippen LogP contribution is 2.33. The third kappa shape index (κ3) is 7.21. The second-order valence-corrected chi connectivity index (χ2v) is 13.1. The van der Waals surface area contributed by atoms with Gasteiger partial charge in [-0.2, -0.15) is 0 Å². The molecule has 0 aliphatic heterocycles. The summed E-state index contributed by atoms with van der Waals surface area (Å²) >= 11 is 0. The zero-order chi connectivity index (χ0) is 36.1. The number of nitrogens with zero attached hydrogens (tertiary/aromatic N) is 1. The summed E-state index contributed by atoms with van der Waals surface area (Å²) in [4.78, 5) is 4.05. The quantitative estimate of drug-likeness (QED) is 0.125. The zero-order valence-corrected chi connectivity index (χ0v) is 29.0. The Bertz CT molecular complexity index is 2690. The minimum Gasteiger partial charge on any atom is -0.399 e. The van der Waals surface area contributed by atoms with Crippen molar-refractivity contribution in [1.29, 1.82) is 10.8 Å². The van der Waals surface area contributed by atoms with Crippen LogP contribution in [0.3, 0.4) is 0 Å². The van der Waals surface area contributed by atoms with Crippen molar-refractivity contribution >= 4 is 49.8 Å². The number of nitrogens with two attached hydrogens (primary N) is 1. The summed E-state index contributed by atoms with van der Waals surface area (Å²) in [5, 5.41) is 21.9. The molecule has 0 amide bonds. The smallest absolute Gasteiger partial charge is 0.0867 e. The Labute approximate surface area is 309 Å². The number of pyridine rings is 1. The molecule has 1 heterocycles. The van der Waals surface area contributed by atoms with Crippen molar-refractivity contribution in [3.8, 4) is 33.4 Å². The van der Waals surface area contributed by atoms with Gasteiger partial charge < -0.3 is 5.73 Å². The summed E-state index contributed by atoms with van der Waals surface area (Å²) in [6.45, 7) is 0. The van der Waals surface area contributed by atoms with Gasteiger partial charge in [0.25, 0.3) is 0 Å². The van der Waals surface area contributed by atoms with E-state index >= 15 is 0 Å². The Balaban J connectivity index is 0.000000259. The van der Waals surface area contributed by atoms with Gasteiger partial charge in [0.05, 0.1) is 11.4 Å². The van der Waals surface area contributed by atoms with Gasteiger partial charge in [-0.3, -0.25) is 15.8 Å². The fraction of sp³-hybridized carbons (Fsp3) is 0. The third-order valence-electron chi connectivity index (χ3n) is 9.56. The maximum atomic E-state index is 8.70. The molecule has 0 spiro atoms. The van der Waals surface area contributed by atoms with Gasteiger partial charge in [-0.15, -0.1) is 0 Å². The molecule has 1 aliphatic carbocycles. The molecule has 0 bridgehead atoms. The molecule has 4 N–H and O–H groups in total. The van der Waals surface area contributed by atoms with Crippen LogP contribution in [0.4, 0.5) is 5.69 Å². The lowest BCUT2D eigenvalue weighted by molar-refractivity contribution is 1.33. The second-order valence-electron chi connectivity index (χ2n) is 13.1. The molecule has 4 heteroatoms. The summed E-state index contributed by atoms with van der Waals surface area (Å²) in [5.74, 6) is 0. The Kier molecular flexibility index (Phi) is 9.08. The molecule has 1 aromatic heterocycles. The van der Waals surface area contributed by atoms with Crippen LogP contribution in [0.25, 0.3) is 66.1 Å². The molecule has 7 aromatic carbocycles. The third-order valence-corrected chi connectivity index (χ3v) is 9.56. The lowest BCUT2D eigenvalue weighted by atomic mass is 9.87. The summed E-state index contributed by atoms with van der Waals surface area (Å²) in [6.07, 6.45) is 7.45. The second kappa shape index (κ2) is 14.6. The molecule has 252 valence electrons. The summed E-state index contributed by atoms with van der Waals surface area (Å²) in [5.41, 5.74) is 17.6. The van der Waals surface area contributed by atoms with Crippen LogP contribution in [-0.2, 0) is 0 Å². The van der Waals surface area contributed by atoms with Gasteiger partial charge >= 0.3 is 0 Å². The lowest BCUT2D eigenvalue weighted by Crippen LogP contribution is -2.15. The molecule has 4 nitrogen and oxygen atoms in total. The van der Waals surface area contributed by atoms with Gasteiger partial charge in [0.1, 0.15) is 0 Å². The molecule has 0 saturated carbocycles. The topological polar surface area (TPSA) is 86.6 Å². The van der Waals surface area contributed by atoms with Crippen LogP contribution in [0.15, 0.2) is 194 Å². The lowest BCUT2D eigenvalue weighted by Gasteiger charge is -2.18. The first-order chi connectivity index (χ1) is 26.0. The summed E-state index contributed by atoms with van der Waals surface area (Å²) in [7, 11) is 0. The molecule has 9 rings (SSSR count). The first-order valence-electron chi connectivity index (χ1n) is 17.5. The predicted molar refractivity (Wildman–Crippen MR) is 224 cm³/mol. The van der Waals surface area contributed by atoms with Crippen molar-refractivity contribution in [2.24, 2.45) is 0 Å². The van der Waals surface area contributed by atoms with Crippen LogP contribution in [0, 0.1) is 10.8 Å². The maximum Gasteiger partial charge on any atom is 0.0867 e. The number of anilines is 1. The van der Waals surface area contributed by atoms with Gasteiger partial charge in [0, 0.05) is 29.2 Å². The molecule has 53 heavy (non-hydrogen) atoms. The van der Waals surface area contributed by atoms with E-state index in [-0.39, 0.29) is 11.4 Å². The van der Waals surface area contributed by atoms with E-state index in [0.717, 1.165) is 55.2 Å². The average Bonchev–Trinajstić information content (AvgIpc) is 3.22. The Morgan fingerprint density at radius 1 is 0.396 bits per heavy atom. The largest absolute Gasteiger partial charge is 0.399 e. The highest BCUT2D eigenvalue weighted by molar-refractivity contribution is 6.61. The summed E-state index contributed by atoms with van der Waals surface area (Å²) < 4.78 is 0. The molecular weight excluding hydrogens is 645 g/mol. The van der Waals surface area contributed by atoms with Crippen molar-refractivity contribution < 1.29 is 0 Å². The minimum absolute atomic E-state index is 0.228. The number of hydrogen-bond acceptors (Lipinski definition) is 4. The van der Waals surface area contributed by atoms with Crippen LogP contribution in [0.1, 0.15) is 11.1 Å². The number of nitrogen functional groups attached to an aromatic ring is 1. The molecule has 0 atom stereocenters. The monoisotopic (exact) mass is 680 g/mol. The standard InChI is InChI=1S/C38H26N2.C11H10N2/c39-37-24-35(33-16-15-29-19-27(11-13-30(29)21-33)25-7-3-1-4-8-25)23-36(38(37)40)34-18-17-31-20-28(12-14-32(31)22-34)26-9-5-2-6-10-26;12-11-5-1-3-9(7-11)10-4-2-6-13-8-10/h1-24,39-40H;1-8H,12H2. The molecule has 0 unspecified atom stereocenters. The number of hydrogen-bond donors (Lipinski definition) is 3. The van der Waals surface area contributed by atoms with Gasteiger partial charge in [-0.1, -0.05) is 127 Å². The maximum absolute atomic E-state index is 8.70. The Morgan fingerprint density at radius 2 is 0.887 bits per heavy atom. The molecule has 0 radical (unpaired) electrons. The fourth-order valence-electron chi connectivity index (χ4n) is 6.75. The number of benzene rings is 7. The first-order valence-corrected chi connectivity index (χ1v) is 17.5. The molecule has 0 saturated heterocycles. The SMILES string of the molecule is N=C1C=C(c2ccc3cc(-c4ccccc4)ccc3c2)C=C(c2ccc3cc(-c4ccccc4)ccc3c2)C1=N.Nc1cccc(-c2cccnc2)c1. The molecular formula is C49H36N4. The van der Waals surface area contributed by atoms with Crippen molar-refractivity contribution in [1.82, 2.24) is 4.98 Å². The highest BCUT2D eigenvalue weighted by Gasteiger charge is 2.19. The van der Waals surface area contributed by atoms with E-state index in [1.54, 1.807) is 12.3 Å². The van der Waals surface area contributed by atoms with E-state index in [1.807, 2.05) is 54.7 Å². The minimum atomic E-state index is 0.228. The van der Waals surface area contributed by atoms with Gasteiger partial charge in [-0.05, 0) is 121 Å². The van der Waals surface area contributed by atoms with E-state index in [2.05, 4.69) is 132 Å². The van der Waals surface area contributed by atoms with Gasteiger partial charge in [0.2, 0.25) is 0 Å². The first kappa shape index (κ1) is 33.0. The van der Waals surface area contributed by atoms with E-state index in [9.17, 15) is 0 Å². The van der Waals surface area contributed by atoms with Crippen molar-refractivity contribution in [3.63, 3.8) is 0 Å². The van der Waals surface area contributed by atoms with Crippen molar-refractivity contribution in [2.45, 2.75) is 0 Å². The van der Waals surface area contributed by atoms with Crippen LogP contribution in [0.5, 0.6) is 0 Å². The van der Waals surface area contributed by atoms with Crippen molar-refractivity contribution in [3.05, 3.63) is 206 Å². The number of rotatable bonds is 5. The van der Waals surface area contributed by atoms with Crippen molar-refractivity contribution in [2.75, 3.05) is 5.73 Å². The Morgan fingerprint density at radius 3 is 1.45 bits per heavy atom. The van der Waals surface area contributed by atoms with Crippen LogP contribution < -0.4 is 5.73 Å². The molecule has 8 aromatic rings. The number of nitrogens with one attached hydrogen (secondary N) is 2. The van der Waals surface area contributed by atoms with Crippen LogP contribution in [0.2, 0.25) is 0 Å². The van der Waals surface area contributed by atoms with Crippen LogP contribution >= 0.6 is 0 Å². The summed E-state index contributed by atoms with van der Waals surface area (Å²) in [6, 6.07) is 58.3. The van der Waals surface area contributed by atoms with E-state index < -0.39 is 0 Å². The highest BCUT2D eigenvalue weighted by atomic mass is 14.6. The zero-order valence-electron chi connectivity index (χ0n) is 29.0. The van der Waals surface area contributed by atoms with Gasteiger partial charge in [-0.25, -0.2) is 0 Å². The van der Waals surface area contributed by atoms with E-state index in [4.69, 9.17) is 16.6 Å². The van der Waals surface area contributed by atoms with E-state index in [0.29, 0.717) is 0 Å². The molecule has 0 fully saturated rings.